The summed E-state index contributed by atoms with van der Waals surface area (Å²) in [7, 11) is 0. The lowest BCUT2D eigenvalue weighted by atomic mass is 9.78. The maximum Gasteiger partial charge on any atom is 0.0175 e. The summed E-state index contributed by atoms with van der Waals surface area (Å²) in [6.45, 7) is 5.31. The molecule has 1 aromatic rings. The Kier molecular flexibility index (Phi) is 3.15. The van der Waals surface area contributed by atoms with Crippen LogP contribution in [-0.4, -0.2) is 6.54 Å². The van der Waals surface area contributed by atoms with Crippen LogP contribution < -0.4 is 5.73 Å². The summed E-state index contributed by atoms with van der Waals surface area (Å²) in [5.74, 6) is 0. The predicted molar refractivity (Wildman–Crippen MR) is 72.5 cm³/mol. The summed E-state index contributed by atoms with van der Waals surface area (Å²) in [6.07, 6.45) is 3.84. The van der Waals surface area contributed by atoms with Crippen LogP contribution in [0.5, 0.6) is 0 Å². The number of hydrogen-bond acceptors (Lipinski definition) is 1. The molecule has 88 valence electrons. The molecule has 0 amide bonds. The molecule has 1 fully saturated rings. The zero-order chi connectivity index (χ0) is 11.8. The topological polar surface area (TPSA) is 26.0 Å². The minimum atomic E-state index is 0.254. The van der Waals surface area contributed by atoms with Gasteiger partial charge in [0.25, 0.3) is 0 Å². The molecule has 16 heavy (non-hydrogen) atoms. The Morgan fingerprint density at radius 1 is 1.25 bits per heavy atom. The monoisotopic (exact) mass is 281 g/mol. The van der Waals surface area contributed by atoms with Gasteiger partial charge in [0.2, 0.25) is 0 Å². The lowest BCUT2D eigenvalue weighted by molar-refractivity contribution is 0.305. The molecule has 0 unspecified atom stereocenters. The molecule has 0 radical (unpaired) electrons. The molecule has 2 N–H and O–H groups in total. The zero-order valence-electron chi connectivity index (χ0n) is 10.1. The van der Waals surface area contributed by atoms with E-state index in [9.17, 15) is 0 Å². The molecule has 1 aliphatic rings. The predicted octanol–water partition coefficient (Wildman–Crippen LogP) is 3.86. The third-order valence-corrected chi connectivity index (χ3v) is 4.21. The first kappa shape index (κ1) is 12.1. The molecule has 0 aromatic heterocycles. The molecular formula is C14H20BrN. The Labute approximate surface area is 107 Å². The van der Waals surface area contributed by atoms with Gasteiger partial charge >= 0.3 is 0 Å². The largest absolute Gasteiger partial charge is 0.330 e. The molecule has 2 rings (SSSR count). The van der Waals surface area contributed by atoms with E-state index < -0.39 is 0 Å². The van der Waals surface area contributed by atoms with Crippen molar-refractivity contribution in [3.8, 4) is 0 Å². The maximum absolute atomic E-state index is 5.84. The van der Waals surface area contributed by atoms with Crippen LogP contribution in [0.2, 0.25) is 0 Å². The van der Waals surface area contributed by atoms with E-state index in [-0.39, 0.29) is 5.41 Å². The van der Waals surface area contributed by atoms with Crippen molar-refractivity contribution < 1.29 is 0 Å². The zero-order valence-corrected chi connectivity index (χ0v) is 11.7. The van der Waals surface area contributed by atoms with Crippen molar-refractivity contribution >= 4 is 15.9 Å². The van der Waals surface area contributed by atoms with Crippen molar-refractivity contribution in [2.24, 2.45) is 11.1 Å². The van der Waals surface area contributed by atoms with Crippen molar-refractivity contribution in [2.45, 2.75) is 38.5 Å². The molecule has 0 aliphatic heterocycles. The standard InChI is InChI=1S/C14H20BrN/c1-13(2,10-16)9-14(7-8-14)11-3-5-12(15)6-4-11/h3-6H,7-10,16H2,1-2H3. The molecule has 1 aromatic carbocycles. The van der Waals surface area contributed by atoms with Gasteiger partial charge in [-0.2, -0.15) is 0 Å². The number of halogens is 1. The summed E-state index contributed by atoms with van der Waals surface area (Å²) in [5, 5.41) is 0. The van der Waals surface area contributed by atoms with E-state index in [2.05, 4.69) is 54.0 Å². The van der Waals surface area contributed by atoms with Crippen molar-refractivity contribution in [3.05, 3.63) is 34.3 Å². The first-order valence-electron chi connectivity index (χ1n) is 5.94. The highest BCUT2D eigenvalue weighted by atomic mass is 79.9. The second-order valence-electron chi connectivity index (χ2n) is 5.83. The molecule has 0 bridgehead atoms. The van der Waals surface area contributed by atoms with Crippen LogP contribution in [0.4, 0.5) is 0 Å². The molecule has 0 heterocycles. The number of benzene rings is 1. The van der Waals surface area contributed by atoms with Crippen LogP contribution in [0.1, 0.15) is 38.7 Å². The first-order chi connectivity index (χ1) is 7.47. The van der Waals surface area contributed by atoms with Gasteiger partial charge in [0.1, 0.15) is 0 Å². The summed E-state index contributed by atoms with van der Waals surface area (Å²) in [5.41, 5.74) is 7.99. The second kappa shape index (κ2) is 4.15. The Hall–Kier alpha value is -0.340. The van der Waals surface area contributed by atoms with Gasteiger partial charge in [0, 0.05) is 4.47 Å². The third-order valence-electron chi connectivity index (χ3n) is 3.68. The van der Waals surface area contributed by atoms with Gasteiger partial charge in [-0.15, -0.1) is 0 Å². The SMILES string of the molecule is CC(C)(CN)CC1(c2ccc(Br)cc2)CC1. The lowest BCUT2D eigenvalue weighted by Gasteiger charge is -2.28. The van der Waals surface area contributed by atoms with Gasteiger partial charge in [0.15, 0.2) is 0 Å². The van der Waals surface area contributed by atoms with Gasteiger partial charge < -0.3 is 5.73 Å². The molecule has 1 aliphatic carbocycles. The Balaban J connectivity index is 2.17. The van der Waals surface area contributed by atoms with E-state index in [1.807, 2.05) is 0 Å². The minimum Gasteiger partial charge on any atom is -0.330 e. The summed E-state index contributed by atoms with van der Waals surface area (Å²) in [4.78, 5) is 0. The fraction of sp³-hybridized carbons (Fsp3) is 0.571. The molecule has 0 saturated heterocycles. The minimum absolute atomic E-state index is 0.254. The Morgan fingerprint density at radius 2 is 1.81 bits per heavy atom. The van der Waals surface area contributed by atoms with Crippen molar-refractivity contribution in [1.29, 1.82) is 0 Å². The number of rotatable bonds is 4. The molecule has 0 spiro atoms. The van der Waals surface area contributed by atoms with Crippen LogP contribution in [0.3, 0.4) is 0 Å². The second-order valence-corrected chi connectivity index (χ2v) is 6.75. The number of hydrogen-bond donors (Lipinski definition) is 1. The average Bonchev–Trinajstić information content (AvgIpc) is 2.99. The maximum atomic E-state index is 5.84. The molecular weight excluding hydrogens is 262 g/mol. The van der Waals surface area contributed by atoms with Crippen LogP contribution >= 0.6 is 15.9 Å². The fourth-order valence-corrected chi connectivity index (χ4v) is 2.77. The van der Waals surface area contributed by atoms with Gasteiger partial charge in [0.05, 0.1) is 0 Å². The highest BCUT2D eigenvalue weighted by Gasteiger charge is 2.46. The summed E-state index contributed by atoms with van der Waals surface area (Å²) < 4.78 is 1.16. The van der Waals surface area contributed by atoms with Gasteiger partial charge in [-0.3, -0.25) is 0 Å². The van der Waals surface area contributed by atoms with E-state index in [0.29, 0.717) is 5.41 Å². The van der Waals surface area contributed by atoms with E-state index in [0.717, 1.165) is 11.0 Å². The Bertz CT molecular complexity index is 363. The average molecular weight is 282 g/mol. The summed E-state index contributed by atoms with van der Waals surface area (Å²) in [6, 6.07) is 8.79. The highest BCUT2D eigenvalue weighted by molar-refractivity contribution is 9.10. The van der Waals surface area contributed by atoms with E-state index in [1.165, 1.54) is 24.8 Å². The van der Waals surface area contributed by atoms with Crippen LogP contribution in [0, 0.1) is 5.41 Å². The normalized spacial score (nSPS) is 18.5. The van der Waals surface area contributed by atoms with Gasteiger partial charge in [-0.1, -0.05) is 41.9 Å². The van der Waals surface area contributed by atoms with Crippen LogP contribution in [-0.2, 0) is 5.41 Å². The van der Waals surface area contributed by atoms with E-state index >= 15 is 0 Å². The van der Waals surface area contributed by atoms with E-state index in [4.69, 9.17) is 5.73 Å². The lowest BCUT2D eigenvalue weighted by Crippen LogP contribution is -2.28. The third kappa shape index (κ3) is 2.49. The number of nitrogens with two attached hydrogens (primary N) is 1. The highest BCUT2D eigenvalue weighted by Crippen LogP contribution is 2.54. The smallest absolute Gasteiger partial charge is 0.0175 e. The Morgan fingerprint density at radius 3 is 2.25 bits per heavy atom. The first-order valence-corrected chi connectivity index (χ1v) is 6.73. The van der Waals surface area contributed by atoms with Gasteiger partial charge in [-0.05, 0) is 54.3 Å². The quantitative estimate of drug-likeness (QED) is 0.891. The summed E-state index contributed by atoms with van der Waals surface area (Å²) >= 11 is 3.49. The van der Waals surface area contributed by atoms with Crippen LogP contribution in [0.25, 0.3) is 0 Å². The molecule has 2 heteroatoms. The van der Waals surface area contributed by atoms with Crippen LogP contribution in [0.15, 0.2) is 28.7 Å². The van der Waals surface area contributed by atoms with Crippen molar-refractivity contribution in [2.75, 3.05) is 6.54 Å². The van der Waals surface area contributed by atoms with Crippen molar-refractivity contribution in [3.63, 3.8) is 0 Å². The van der Waals surface area contributed by atoms with Crippen molar-refractivity contribution in [1.82, 2.24) is 0 Å². The molecule has 1 saturated carbocycles. The van der Waals surface area contributed by atoms with E-state index in [1.54, 1.807) is 0 Å². The fourth-order valence-electron chi connectivity index (χ4n) is 2.51. The molecule has 1 nitrogen and oxygen atoms in total. The molecule has 0 atom stereocenters. The van der Waals surface area contributed by atoms with Gasteiger partial charge in [-0.25, -0.2) is 0 Å².